The van der Waals surface area contributed by atoms with E-state index in [1.165, 1.54) is 35.3 Å². The number of hydrogen-bond donors (Lipinski definition) is 0. The zero-order valence-electron chi connectivity index (χ0n) is 22.9. The Morgan fingerprint density at radius 1 is 1.12 bits per heavy atom. The molecular formula is C28H34ClF2N3O4SSi. The highest BCUT2D eigenvalue weighted by atomic mass is 35.5. The van der Waals surface area contributed by atoms with E-state index >= 15 is 4.39 Å². The fourth-order valence-electron chi connectivity index (χ4n) is 5.17. The number of hydrogen-bond acceptors (Lipinski definition) is 6. The third-order valence-corrected chi connectivity index (χ3v) is 12.0. The predicted octanol–water partition coefficient (Wildman–Crippen LogP) is 6.65. The summed E-state index contributed by atoms with van der Waals surface area (Å²) < 4.78 is 62.9. The number of nitrogens with zero attached hydrogens (tertiary/aromatic N) is 3. The number of rotatable bonds is 11. The second-order valence-electron chi connectivity index (χ2n) is 11.6. The van der Waals surface area contributed by atoms with Gasteiger partial charge in [-0.15, -0.1) is 0 Å². The lowest BCUT2D eigenvalue weighted by molar-refractivity contribution is 0.0713. The number of ketones is 1. The molecule has 2 aromatic carbocycles. The molecule has 40 heavy (non-hydrogen) atoms. The second-order valence-corrected chi connectivity index (χ2v) is 19.9. The predicted molar refractivity (Wildman–Crippen MR) is 152 cm³/mol. The van der Waals surface area contributed by atoms with Crippen molar-refractivity contribution in [2.45, 2.75) is 74.2 Å². The van der Waals surface area contributed by atoms with E-state index < -0.39 is 34.3 Å². The van der Waals surface area contributed by atoms with Crippen molar-refractivity contribution < 1.29 is 26.7 Å². The Balaban J connectivity index is 1.52. The van der Waals surface area contributed by atoms with Crippen LogP contribution in [0.25, 0.3) is 0 Å². The quantitative estimate of drug-likeness (QED) is 0.137. The van der Waals surface area contributed by atoms with Crippen LogP contribution in [0.5, 0.6) is 0 Å². The maximum absolute atomic E-state index is 15.1. The fourth-order valence-corrected chi connectivity index (χ4v) is 8.22. The molecule has 1 fully saturated rings. The SMILES string of the molecule is C[Si](C)(C)CCOCn1ncnc1C(=O)CC1CCC(c2cc(F)ccc2F)(S(=O)(=O)c2ccc(Cl)cc2)CC1. The van der Waals surface area contributed by atoms with Gasteiger partial charge < -0.3 is 4.74 Å². The van der Waals surface area contributed by atoms with Gasteiger partial charge in [0.1, 0.15) is 29.4 Å². The smallest absolute Gasteiger partial charge is 0.200 e. The summed E-state index contributed by atoms with van der Waals surface area (Å²) in [6.07, 6.45) is 2.17. The van der Waals surface area contributed by atoms with Crippen molar-refractivity contribution >= 4 is 35.3 Å². The van der Waals surface area contributed by atoms with E-state index in [2.05, 4.69) is 29.7 Å². The third-order valence-electron chi connectivity index (χ3n) is 7.52. The Labute approximate surface area is 239 Å². The van der Waals surface area contributed by atoms with E-state index in [4.69, 9.17) is 16.3 Å². The molecule has 0 radical (unpaired) electrons. The van der Waals surface area contributed by atoms with Gasteiger partial charge in [-0.05, 0) is 80.1 Å². The molecule has 1 aliphatic carbocycles. The normalized spacial score (nSPS) is 20.0. The van der Waals surface area contributed by atoms with Crippen LogP contribution < -0.4 is 0 Å². The van der Waals surface area contributed by atoms with Gasteiger partial charge in [-0.3, -0.25) is 4.79 Å². The molecule has 7 nitrogen and oxygen atoms in total. The summed E-state index contributed by atoms with van der Waals surface area (Å²) in [6, 6.07) is 9.56. The lowest BCUT2D eigenvalue weighted by Crippen LogP contribution is -2.41. The molecule has 1 heterocycles. The van der Waals surface area contributed by atoms with Gasteiger partial charge in [0.15, 0.2) is 21.4 Å². The van der Waals surface area contributed by atoms with Crippen LogP contribution in [0.15, 0.2) is 53.7 Å². The van der Waals surface area contributed by atoms with Crippen molar-refractivity contribution in [3.63, 3.8) is 0 Å². The van der Waals surface area contributed by atoms with Crippen LogP contribution in [-0.2, 0) is 26.1 Å². The van der Waals surface area contributed by atoms with Gasteiger partial charge in [-0.1, -0.05) is 31.2 Å². The number of halogens is 3. The average molecular weight is 610 g/mol. The molecule has 3 aromatic rings. The number of carbonyl (C=O) groups excluding carboxylic acids is 1. The Morgan fingerprint density at radius 3 is 2.45 bits per heavy atom. The summed E-state index contributed by atoms with van der Waals surface area (Å²) in [7, 11) is -5.40. The summed E-state index contributed by atoms with van der Waals surface area (Å²) in [5, 5.41) is 4.48. The molecule has 216 valence electrons. The van der Waals surface area contributed by atoms with Gasteiger partial charge in [-0.25, -0.2) is 26.9 Å². The molecule has 1 saturated carbocycles. The van der Waals surface area contributed by atoms with Crippen LogP contribution in [-0.4, -0.2) is 43.6 Å². The van der Waals surface area contributed by atoms with E-state index in [9.17, 15) is 17.6 Å². The molecule has 1 aromatic heterocycles. The average Bonchev–Trinajstić information content (AvgIpc) is 3.37. The highest BCUT2D eigenvalue weighted by molar-refractivity contribution is 7.92. The van der Waals surface area contributed by atoms with Crippen molar-refractivity contribution in [1.82, 2.24) is 14.8 Å². The molecule has 0 amide bonds. The molecule has 0 saturated heterocycles. The zero-order valence-corrected chi connectivity index (χ0v) is 25.4. The summed E-state index contributed by atoms with van der Waals surface area (Å²) in [5.74, 6) is -1.69. The van der Waals surface area contributed by atoms with E-state index in [1.807, 2.05) is 0 Å². The standard InChI is InChI=1S/C28H34ClF2N3O4SSi/c1-40(2,3)15-14-38-19-34-27(32-18-33-34)26(35)16-20-10-12-28(13-11-20,24-17-22(30)6-9-25(24)31)39(36,37)23-7-4-21(29)5-8-23/h4-9,17-18,20H,10-16,19H2,1-3H3. The molecule has 4 rings (SSSR count). The Hall–Kier alpha value is -2.47. The van der Waals surface area contributed by atoms with Crippen molar-refractivity contribution in [3.8, 4) is 0 Å². The van der Waals surface area contributed by atoms with Gasteiger partial charge in [-0.2, -0.15) is 5.10 Å². The zero-order chi connectivity index (χ0) is 29.1. The number of sulfone groups is 1. The molecule has 0 bridgehead atoms. The maximum Gasteiger partial charge on any atom is 0.200 e. The summed E-state index contributed by atoms with van der Waals surface area (Å²) >= 11 is 5.97. The van der Waals surface area contributed by atoms with E-state index in [-0.39, 0.29) is 54.0 Å². The minimum atomic E-state index is -4.15. The Bertz CT molecular complexity index is 1450. The highest BCUT2D eigenvalue weighted by Crippen LogP contribution is 2.50. The highest BCUT2D eigenvalue weighted by Gasteiger charge is 2.50. The molecule has 0 N–H and O–H groups in total. The molecule has 0 atom stereocenters. The van der Waals surface area contributed by atoms with Crippen molar-refractivity contribution in [2.75, 3.05) is 6.61 Å². The Morgan fingerprint density at radius 2 is 1.80 bits per heavy atom. The van der Waals surface area contributed by atoms with E-state index in [0.29, 0.717) is 24.5 Å². The molecule has 1 aliphatic rings. The molecule has 0 spiro atoms. The van der Waals surface area contributed by atoms with Gasteiger partial charge in [0.05, 0.1) is 4.90 Å². The monoisotopic (exact) mass is 609 g/mol. The molecular weight excluding hydrogens is 576 g/mol. The molecule has 0 aliphatic heterocycles. The first-order valence-electron chi connectivity index (χ1n) is 13.3. The van der Waals surface area contributed by atoms with Gasteiger partial charge >= 0.3 is 0 Å². The summed E-state index contributed by atoms with van der Waals surface area (Å²) in [5.41, 5.74) is -0.192. The molecule has 12 heteroatoms. The first kappa shape index (κ1) is 30.5. The summed E-state index contributed by atoms with van der Waals surface area (Å²) in [4.78, 5) is 17.3. The van der Waals surface area contributed by atoms with E-state index in [0.717, 1.165) is 24.2 Å². The minimum Gasteiger partial charge on any atom is -0.359 e. The number of Topliss-reactive ketones (excluding diaryl/α,β-unsaturated/α-hetero) is 1. The fraction of sp³-hybridized carbons (Fsp3) is 0.464. The lowest BCUT2D eigenvalue weighted by Gasteiger charge is -2.40. The van der Waals surface area contributed by atoms with Gasteiger partial charge in [0.2, 0.25) is 0 Å². The van der Waals surface area contributed by atoms with Crippen molar-refractivity contribution in [1.29, 1.82) is 0 Å². The third kappa shape index (κ3) is 6.70. The Kier molecular flexibility index (Phi) is 9.28. The first-order valence-corrected chi connectivity index (χ1v) is 18.8. The number of carbonyl (C=O) groups is 1. The number of benzene rings is 2. The topological polar surface area (TPSA) is 91.2 Å². The van der Waals surface area contributed by atoms with E-state index in [1.54, 1.807) is 0 Å². The van der Waals surface area contributed by atoms with Crippen molar-refractivity contribution in [2.24, 2.45) is 5.92 Å². The first-order chi connectivity index (χ1) is 18.8. The van der Waals surface area contributed by atoms with Crippen LogP contribution in [0, 0.1) is 17.6 Å². The van der Waals surface area contributed by atoms with Crippen LogP contribution in [0.4, 0.5) is 8.78 Å². The number of ether oxygens (including phenoxy) is 1. The van der Waals surface area contributed by atoms with Crippen molar-refractivity contribution in [3.05, 3.63) is 76.8 Å². The van der Waals surface area contributed by atoms with Crippen LogP contribution in [0.3, 0.4) is 0 Å². The van der Waals surface area contributed by atoms with Crippen LogP contribution in [0.2, 0.25) is 30.7 Å². The van der Waals surface area contributed by atoms with Gasteiger partial charge in [0.25, 0.3) is 0 Å². The molecule has 0 unspecified atom stereocenters. The largest absolute Gasteiger partial charge is 0.359 e. The lowest BCUT2D eigenvalue weighted by atomic mass is 9.76. The number of aromatic nitrogens is 3. The van der Waals surface area contributed by atoms with Crippen LogP contribution in [0.1, 0.15) is 48.3 Å². The maximum atomic E-state index is 15.1. The second kappa shape index (κ2) is 12.2. The summed E-state index contributed by atoms with van der Waals surface area (Å²) in [6.45, 7) is 7.46. The van der Waals surface area contributed by atoms with Gasteiger partial charge in [0, 0.05) is 31.7 Å². The van der Waals surface area contributed by atoms with Crippen LogP contribution >= 0.6 is 11.6 Å². The minimum absolute atomic E-state index is 0.0164.